The van der Waals surface area contributed by atoms with Gasteiger partial charge in [-0.05, 0) is 63.6 Å². The third-order valence-electron chi connectivity index (χ3n) is 6.22. The van der Waals surface area contributed by atoms with Gasteiger partial charge in [0.15, 0.2) is 0 Å². The number of nitrogens with zero attached hydrogens (tertiary/aromatic N) is 2. The van der Waals surface area contributed by atoms with Gasteiger partial charge in [0.1, 0.15) is 12.6 Å². The number of alkyl halides is 3. The highest BCUT2D eigenvalue weighted by Crippen LogP contribution is 2.37. The molecule has 3 aromatic rings. The standard InChI is InChI=1S/C29H31ClF3N3O4S/c1-19(2)34-28(38)21(4)35(17-22-12-10-20(3)11-13-22)27(37)18-36(41(39,40)24-8-6-5-7-9-24)26-16-23(29(31,32)33)14-15-25(26)30/h5-16,19,21H,17-18H2,1-4H3,(H,34,38). The van der Waals surface area contributed by atoms with Crippen molar-refractivity contribution in [1.29, 1.82) is 0 Å². The van der Waals surface area contributed by atoms with Gasteiger partial charge in [-0.25, -0.2) is 8.42 Å². The molecule has 0 saturated carbocycles. The van der Waals surface area contributed by atoms with Gasteiger partial charge in [0.25, 0.3) is 10.0 Å². The first kappa shape index (κ1) is 32.0. The molecule has 0 aromatic heterocycles. The number of carbonyl (C=O) groups excluding carboxylic acids is 2. The van der Waals surface area contributed by atoms with Gasteiger partial charge < -0.3 is 10.2 Å². The topological polar surface area (TPSA) is 86.8 Å². The number of rotatable bonds is 10. The molecule has 0 spiro atoms. The van der Waals surface area contributed by atoms with Gasteiger partial charge in [0, 0.05) is 12.6 Å². The summed E-state index contributed by atoms with van der Waals surface area (Å²) < 4.78 is 69.0. The Bertz CT molecular complexity index is 1480. The molecule has 2 amide bonds. The first-order valence-corrected chi connectivity index (χ1v) is 14.5. The minimum Gasteiger partial charge on any atom is -0.352 e. The van der Waals surface area contributed by atoms with Crippen molar-refractivity contribution < 1.29 is 31.2 Å². The molecule has 0 bridgehead atoms. The van der Waals surface area contributed by atoms with Crippen molar-refractivity contribution in [2.75, 3.05) is 10.8 Å². The molecule has 41 heavy (non-hydrogen) atoms. The Morgan fingerprint density at radius 2 is 1.56 bits per heavy atom. The van der Waals surface area contributed by atoms with Crippen LogP contribution in [0, 0.1) is 6.92 Å². The summed E-state index contributed by atoms with van der Waals surface area (Å²) in [5.41, 5.74) is -0.0219. The van der Waals surface area contributed by atoms with Crippen LogP contribution >= 0.6 is 11.6 Å². The first-order valence-electron chi connectivity index (χ1n) is 12.7. The molecule has 0 heterocycles. The van der Waals surface area contributed by atoms with Crippen LogP contribution in [0.3, 0.4) is 0 Å². The monoisotopic (exact) mass is 609 g/mol. The molecule has 0 saturated heterocycles. The SMILES string of the molecule is Cc1ccc(CN(C(=O)CN(c2cc(C(F)(F)F)ccc2Cl)S(=O)(=O)c2ccccc2)C(C)C(=O)NC(C)C)cc1. The maximum absolute atomic E-state index is 13.9. The van der Waals surface area contributed by atoms with E-state index >= 15 is 0 Å². The minimum atomic E-state index is -4.80. The van der Waals surface area contributed by atoms with E-state index in [0.717, 1.165) is 17.7 Å². The fourth-order valence-electron chi connectivity index (χ4n) is 3.99. The van der Waals surface area contributed by atoms with E-state index in [9.17, 15) is 31.2 Å². The van der Waals surface area contributed by atoms with Crippen molar-refractivity contribution in [3.63, 3.8) is 0 Å². The summed E-state index contributed by atoms with van der Waals surface area (Å²) in [6.45, 7) is 5.92. The number of benzene rings is 3. The van der Waals surface area contributed by atoms with Crippen LogP contribution in [0.2, 0.25) is 5.02 Å². The highest BCUT2D eigenvalue weighted by atomic mass is 35.5. The lowest BCUT2D eigenvalue weighted by Gasteiger charge is -2.32. The zero-order valence-corrected chi connectivity index (χ0v) is 24.5. The normalized spacial score (nSPS) is 12.6. The molecule has 12 heteroatoms. The molecule has 0 aliphatic rings. The number of anilines is 1. The van der Waals surface area contributed by atoms with Crippen LogP contribution in [0.5, 0.6) is 0 Å². The lowest BCUT2D eigenvalue weighted by atomic mass is 10.1. The van der Waals surface area contributed by atoms with Gasteiger partial charge in [-0.3, -0.25) is 13.9 Å². The molecule has 7 nitrogen and oxygen atoms in total. The Kier molecular flexibility index (Phi) is 10.1. The fraction of sp³-hybridized carbons (Fsp3) is 0.310. The molecule has 1 N–H and O–H groups in total. The maximum atomic E-state index is 13.9. The summed E-state index contributed by atoms with van der Waals surface area (Å²) in [5.74, 6) is -1.29. The molecular formula is C29H31ClF3N3O4S. The Labute approximate surface area is 243 Å². The Morgan fingerprint density at radius 1 is 0.951 bits per heavy atom. The van der Waals surface area contributed by atoms with Gasteiger partial charge >= 0.3 is 6.18 Å². The lowest BCUT2D eigenvalue weighted by Crippen LogP contribution is -2.52. The minimum absolute atomic E-state index is 0.0542. The Balaban J connectivity index is 2.12. The molecular weight excluding hydrogens is 579 g/mol. The number of halogens is 4. The zero-order chi connectivity index (χ0) is 30.5. The number of hydrogen-bond donors (Lipinski definition) is 1. The van der Waals surface area contributed by atoms with Crippen molar-refractivity contribution in [3.8, 4) is 0 Å². The first-order chi connectivity index (χ1) is 19.1. The van der Waals surface area contributed by atoms with Crippen LogP contribution in [0.1, 0.15) is 37.5 Å². The van der Waals surface area contributed by atoms with E-state index < -0.39 is 51.9 Å². The van der Waals surface area contributed by atoms with E-state index in [1.807, 2.05) is 19.1 Å². The van der Waals surface area contributed by atoms with E-state index in [4.69, 9.17) is 11.6 Å². The number of nitrogens with one attached hydrogen (secondary N) is 1. The van der Waals surface area contributed by atoms with E-state index in [0.29, 0.717) is 15.9 Å². The second-order valence-corrected chi connectivity index (χ2v) is 12.1. The van der Waals surface area contributed by atoms with Gasteiger partial charge in [-0.15, -0.1) is 0 Å². The lowest BCUT2D eigenvalue weighted by molar-refractivity contribution is -0.139. The van der Waals surface area contributed by atoms with Gasteiger partial charge in [-0.1, -0.05) is 59.6 Å². The predicted molar refractivity (Wildman–Crippen MR) is 152 cm³/mol. The van der Waals surface area contributed by atoms with Crippen molar-refractivity contribution in [3.05, 3.63) is 94.5 Å². The maximum Gasteiger partial charge on any atom is 0.416 e. The molecule has 0 aliphatic carbocycles. The summed E-state index contributed by atoms with van der Waals surface area (Å²) in [4.78, 5) is 27.8. The van der Waals surface area contributed by atoms with E-state index in [-0.39, 0.29) is 22.5 Å². The van der Waals surface area contributed by atoms with Crippen molar-refractivity contribution in [2.45, 2.75) is 57.4 Å². The number of hydrogen-bond acceptors (Lipinski definition) is 4. The number of sulfonamides is 1. The molecule has 1 unspecified atom stereocenters. The van der Waals surface area contributed by atoms with Gasteiger partial charge in [-0.2, -0.15) is 13.2 Å². The van der Waals surface area contributed by atoms with E-state index in [1.165, 1.54) is 36.1 Å². The number of aryl methyl sites for hydroxylation is 1. The Morgan fingerprint density at radius 3 is 2.12 bits per heavy atom. The molecule has 0 fully saturated rings. The summed E-state index contributed by atoms with van der Waals surface area (Å²) in [6.07, 6.45) is -4.80. The molecule has 3 aromatic carbocycles. The highest BCUT2D eigenvalue weighted by molar-refractivity contribution is 7.92. The van der Waals surface area contributed by atoms with Crippen LogP contribution < -0.4 is 9.62 Å². The van der Waals surface area contributed by atoms with Crippen molar-refractivity contribution >= 4 is 39.1 Å². The third-order valence-corrected chi connectivity index (χ3v) is 8.32. The van der Waals surface area contributed by atoms with Crippen LogP contribution in [0.25, 0.3) is 0 Å². The van der Waals surface area contributed by atoms with Crippen molar-refractivity contribution in [1.82, 2.24) is 10.2 Å². The Hall–Kier alpha value is -3.57. The van der Waals surface area contributed by atoms with Gasteiger partial charge in [0.05, 0.1) is 21.2 Å². The van der Waals surface area contributed by atoms with Gasteiger partial charge in [0.2, 0.25) is 11.8 Å². The summed E-state index contributed by atoms with van der Waals surface area (Å²) in [6, 6.07) is 15.2. The predicted octanol–water partition coefficient (Wildman–Crippen LogP) is 5.80. The molecule has 220 valence electrons. The van der Waals surface area contributed by atoms with Crippen LogP contribution in [0.4, 0.5) is 18.9 Å². The average molecular weight is 610 g/mol. The second kappa shape index (κ2) is 12.9. The molecule has 1 atom stereocenters. The summed E-state index contributed by atoms with van der Waals surface area (Å²) in [7, 11) is -4.58. The molecule has 0 aliphatic heterocycles. The molecule has 3 rings (SSSR count). The summed E-state index contributed by atoms with van der Waals surface area (Å²) in [5, 5.41) is 2.43. The van der Waals surface area contributed by atoms with Crippen LogP contribution in [-0.2, 0) is 32.3 Å². The number of carbonyl (C=O) groups is 2. The summed E-state index contributed by atoms with van der Waals surface area (Å²) >= 11 is 6.25. The van der Waals surface area contributed by atoms with E-state index in [1.54, 1.807) is 32.0 Å². The number of amides is 2. The zero-order valence-electron chi connectivity index (χ0n) is 22.9. The highest BCUT2D eigenvalue weighted by Gasteiger charge is 2.36. The van der Waals surface area contributed by atoms with Crippen molar-refractivity contribution in [2.24, 2.45) is 0 Å². The van der Waals surface area contributed by atoms with Crippen LogP contribution in [-0.4, -0.2) is 43.8 Å². The largest absolute Gasteiger partial charge is 0.416 e. The molecule has 0 radical (unpaired) electrons. The quantitative estimate of drug-likeness (QED) is 0.315. The third kappa shape index (κ3) is 8.01. The second-order valence-electron chi connectivity index (χ2n) is 9.84. The average Bonchev–Trinajstić information content (AvgIpc) is 2.90. The fourth-order valence-corrected chi connectivity index (χ4v) is 5.71. The van der Waals surface area contributed by atoms with Crippen LogP contribution in [0.15, 0.2) is 77.7 Å². The smallest absolute Gasteiger partial charge is 0.352 e. The van der Waals surface area contributed by atoms with E-state index in [2.05, 4.69) is 5.32 Å².